The van der Waals surface area contributed by atoms with Crippen molar-refractivity contribution in [3.8, 4) is 11.4 Å². The predicted molar refractivity (Wildman–Crippen MR) is 117 cm³/mol. The van der Waals surface area contributed by atoms with Crippen LogP contribution in [0.3, 0.4) is 0 Å². The van der Waals surface area contributed by atoms with Crippen LogP contribution in [0.5, 0.6) is 0 Å². The van der Waals surface area contributed by atoms with Crippen LogP contribution in [0.15, 0.2) is 67.0 Å². The fraction of sp³-hybridized carbons (Fsp3) is 0.0909. The molecule has 10 nitrogen and oxygen atoms in total. The molecule has 0 bridgehead atoms. The lowest BCUT2D eigenvalue weighted by Gasteiger charge is -2.16. The van der Waals surface area contributed by atoms with E-state index in [9.17, 15) is 19.7 Å². The van der Waals surface area contributed by atoms with E-state index < -0.39 is 22.8 Å². The molecule has 2 heterocycles. The molecule has 0 aliphatic rings. The Bertz CT molecular complexity index is 1300. The summed E-state index contributed by atoms with van der Waals surface area (Å²) in [7, 11) is 0. The third kappa shape index (κ3) is 4.29. The highest BCUT2D eigenvalue weighted by molar-refractivity contribution is 6.06. The molecular formula is C22H18N6O4. The number of aromatic nitrogens is 3. The number of para-hydroxylation sites is 1. The number of hydrogen-bond donors (Lipinski definition) is 3. The van der Waals surface area contributed by atoms with Gasteiger partial charge in [0, 0.05) is 36.5 Å². The zero-order valence-corrected chi connectivity index (χ0v) is 16.7. The summed E-state index contributed by atoms with van der Waals surface area (Å²) >= 11 is 0. The second-order valence-corrected chi connectivity index (χ2v) is 7.08. The van der Waals surface area contributed by atoms with Crippen molar-refractivity contribution in [2.75, 3.05) is 0 Å². The standard InChI is InChI=1S/C22H18N6O4/c23-20(29)18(12-13-4-6-15(7-5-13)28(31)32)26-22(30)16-2-1-3-17-19(16)27-21(25-17)14-8-10-24-11-9-14/h1-11,18H,12H2,(H2,23,29)(H,25,27)(H,26,30). The summed E-state index contributed by atoms with van der Waals surface area (Å²) in [6.45, 7) is 0. The number of H-pyrrole nitrogens is 1. The maximum atomic E-state index is 13.0. The van der Waals surface area contributed by atoms with Crippen LogP contribution in [0.1, 0.15) is 15.9 Å². The van der Waals surface area contributed by atoms with Gasteiger partial charge in [-0.2, -0.15) is 0 Å². The minimum absolute atomic E-state index is 0.0661. The Balaban J connectivity index is 1.58. The predicted octanol–water partition coefficient (Wildman–Crippen LogP) is 2.36. The molecule has 1 unspecified atom stereocenters. The molecule has 0 saturated carbocycles. The van der Waals surface area contributed by atoms with Crippen molar-refractivity contribution in [3.63, 3.8) is 0 Å². The number of nitro benzene ring substituents is 1. The first-order chi connectivity index (χ1) is 15.4. The summed E-state index contributed by atoms with van der Waals surface area (Å²) in [6, 6.07) is 13.4. The molecule has 2 aromatic heterocycles. The number of pyridine rings is 1. The third-order valence-corrected chi connectivity index (χ3v) is 4.95. The van der Waals surface area contributed by atoms with Crippen LogP contribution in [0.25, 0.3) is 22.4 Å². The first-order valence-corrected chi connectivity index (χ1v) is 9.65. The van der Waals surface area contributed by atoms with Crippen molar-refractivity contribution in [2.24, 2.45) is 5.73 Å². The summed E-state index contributed by atoms with van der Waals surface area (Å²) in [5.74, 6) is -0.641. The number of aromatic amines is 1. The van der Waals surface area contributed by atoms with E-state index in [0.717, 1.165) is 5.56 Å². The number of nitrogens with zero attached hydrogens (tertiary/aromatic N) is 3. The average molecular weight is 430 g/mol. The molecule has 10 heteroatoms. The van der Waals surface area contributed by atoms with Gasteiger partial charge in [-0.1, -0.05) is 18.2 Å². The number of nitrogens with one attached hydrogen (secondary N) is 2. The molecule has 4 aromatic rings. The highest BCUT2D eigenvalue weighted by atomic mass is 16.6. The van der Waals surface area contributed by atoms with Gasteiger partial charge in [0.1, 0.15) is 17.4 Å². The van der Waals surface area contributed by atoms with Gasteiger partial charge in [0.05, 0.1) is 16.0 Å². The number of rotatable bonds is 7. The number of imidazole rings is 1. The van der Waals surface area contributed by atoms with E-state index in [4.69, 9.17) is 5.73 Å². The number of carbonyl (C=O) groups excluding carboxylic acids is 2. The van der Waals surface area contributed by atoms with Crippen molar-refractivity contribution in [2.45, 2.75) is 12.5 Å². The highest BCUT2D eigenvalue weighted by Crippen LogP contribution is 2.22. The van der Waals surface area contributed by atoms with Gasteiger partial charge in [-0.3, -0.25) is 24.7 Å². The van der Waals surface area contributed by atoms with Crippen molar-refractivity contribution in [1.82, 2.24) is 20.3 Å². The molecule has 0 radical (unpaired) electrons. The average Bonchev–Trinajstić information content (AvgIpc) is 3.24. The van der Waals surface area contributed by atoms with Crippen molar-refractivity contribution in [1.29, 1.82) is 0 Å². The van der Waals surface area contributed by atoms with Crippen molar-refractivity contribution >= 4 is 28.5 Å². The molecule has 2 amide bonds. The normalized spacial score (nSPS) is 11.8. The summed E-state index contributed by atoms with van der Waals surface area (Å²) in [4.78, 5) is 46.9. The zero-order valence-electron chi connectivity index (χ0n) is 16.7. The van der Waals surface area contributed by atoms with E-state index in [0.29, 0.717) is 22.4 Å². The number of primary amides is 1. The van der Waals surface area contributed by atoms with Crippen molar-refractivity contribution < 1.29 is 14.5 Å². The Morgan fingerprint density at radius 3 is 2.47 bits per heavy atom. The van der Waals surface area contributed by atoms with Crippen LogP contribution in [-0.2, 0) is 11.2 Å². The van der Waals surface area contributed by atoms with Gasteiger partial charge in [0.25, 0.3) is 11.6 Å². The van der Waals surface area contributed by atoms with Crippen LogP contribution < -0.4 is 11.1 Å². The van der Waals surface area contributed by atoms with E-state index in [1.54, 1.807) is 42.7 Å². The van der Waals surface area contributed by atoms with E-state index in [1.165, 1.54) is 24.3 Å². The molecule has 4 N–H and O–H groups in total. The molecule has 0 fully saturated rings. The fourth-order valence-corrected chi connectivity index (χ4v) is 3.31. The fourth-order valence-electron chi connectivity index (χ4n) is 3.31. The number of carbonyl (C=O) groups is 2. The van der Waals surface area contributed by atoms with Gasteiger partial charge in [0.15, 0.2) is 0 Å². The summed E-state index contributed by atoms with van der Waals surface area (Å²) in [6.07, 6.45) is 3.38. The number of nitro groups is 1. The molecule has 0 aliphatic carbocycles. The lowest BCUT2D eigenvalue weighted by atomic mass is 10.0. The molecule has 0 spiro atoms. The van der Waals surface area contributed by atoms with Crippen LogP contribution in [0.2, 0.25) is 0 Å². The van der Waals surface area contributed by atoms with Crippen LogP contribution in [0, 0.1) is 10.1 Å². The topological polar surface area (TPSA) is 157 Å². The second kappa shape index (κ2) is 8.64. The molecule has 32 heavy (non-hydrogen) atoms. The minimum atomic E-state index is -1.00. The Hall–Kier alpha value is -4.60. The molecular weight excluding hydrogens is 412 g/mol. The number of nitrogens with two attached hydrogens (primary N) is 1. The molecule has 160 valence electrons. The number of benzene rings is 2. The molecule has 0 saturated heterocycles. The second-order valence-electron chi connectivity index (χ2n) is 7.08. The molecule has 0 aliphatic heterocycles. The van der Waals surface area contributed by atoms with Crippen LogP contribution in [0.4, 0.5) is 5.69 Å². The highest BCUT2D eigenvalue weighted by Gasteiger charge is 2.22. The monoisotopic (exact) mass is 430 g/mol. The Kier molecular flexibility index (Phi) is 5.58. The van der Waals surface area contributed by atoms with E-state index in [-0.39, 0.29) is 17.7 Å². The van der Waals surface area contributed by atoms with Gasteiger partial charge in [0.2, 0.25) is 5.91 Å². The third-order valence-electron chi connectivity index (χ3n) is 4.95. The quantitative estimate of drug-likeness (QED) is 0.302. The first-order valence-electron chi connectivity index (χ1n) is 9.65. The van der Waals surface area contributed by atoms with E-state index in [1.807, 2.05) is 0 Å². The molecule has 4 rings (SSSR count). The lowest BCUT2D eigenvalue weighted by Crippen LogP contribution is -2.45. The van der Waals surface area contributed by atoms with Crippen LogP contribution in [-0.4, -0.2) is 37.7 Å². The van der Waals surface area contributed by atoms with Gasteiger partial charge in [-0.25, -0.2) is 4.98 Å². The Labute approximate surface area is 181 Å². The van der Waals surface area contributed by atoms with E-state index in [2.05, 4.69) is 20.3 Å². The first kappa shape index (κ1) is 20.7. The van der Waals surface area contributed by atoms with Gasteiger partial charge in [-0.15, -0.1) is 0 Å². The zero-order chi connectivity index (χ0) is 22.7. The van der Waals surface area contributed by atoms with Gasteiger partial charge < -0.3 is 16.0 Å². The summed E-state index contributed by atoms with van der Waals surface area (Å²) < 4.78 is 0. The minimum Gasteiger partial charge on any atom is -0.368 e. The van der Waals surface area contributed by atoms with Gasteiger partial charge in [-0.05, 0) is 29.8 Å². The Morgan fingerprint density at radius 1 is 1.09 bits per heavy atom. The maximum Gasteiger partial charge on any atom is 0.269 e. The number of non-ortho nitro benzene ring substituents is 1. The number of hydrogen-bond acceptors (Lipinski definition) is 6. The van der Waals surface area contributed by atoms with E-state index >= 15 is 0 Å². The van der Waals surface area contributed by atoms with Gasteiger partial charge >= 0.3 is 0 Å². The SMILES string of the molecule is NC(=O)C(Cc1ccc([N+](=O)[O-])cc1)NC(=O)c1cccc2[nH]c(-c3ccncc3)nc12. The summed E-state index contributed by atoms with van der Waals surface area (Å²) in [5.41, 5.74) is 8.27. The number of fused-ring (bicyclic) bond motifs is 1. The maximum absolute atomic E-state index is 13.0. The Morgan fingerprint density at radius 2 is 1.81 bits per heavy atom. The van der Waals surface area contributed by atoms with Crippen LogP contribution >= 0.6 is 0 Å². The molecule has 1 atom stereocenters. The van der Waals surface area contributed by atoms with Crippen molar-refractivity contribution in [3.05, 3.63) is 88.2 Å². The number of amides is 2. The summed E-state index contributed by atoms with van der Waals surface area (Å²) in [5, 5.41) is 13.5. The largest absolute Gasteiger partial charge is 0.368 e. The smallest absolute Gasteiger partial charge is 0.269 e. The molecule has 2 aromatic carbocycles. The lowest BCUT2D eigenvalue weighted by molar-refractivity contribution is -0.384.